The van der Waals surface area contributed by atoms with Crippen LogP contribution in [0.25, 0.3) is 0 Å². The molecule has 0 spiro atoms. The van der Waals surface area contributed by atoms with E-state index in [1.54, 1.807) is 12.0 Å². The summed E-state index contributed by atoms with van der Waals surface area (Å²) in [6.07, 6.45) is 0. The maximum atomic E-state index is 12.3. The molecule has 1 heterocycles. The Bertz CT molecular complexity index is 623. The molecule has 2 rings (SSSR count). The monoisotopic (exact) mass is 434 g/mol. The van der Waals surface area contributed by atoms with Crippen LogP contribution in [0.4, 0.5) is 0 Å². The van der Waals surface area contributed by atoms with E-state index in [0.29, 0.717) is 13.1 Å². The Labute approximate surface area is 179 Å². The third-order valence-electron chi connectivity index (χ3n) is 4.75. The summed E-state index contributed by atoms with van der Waals surface area (Å²) in [5, 5.41) is 2.64. The van der Waals surface area contributed by atoms with Gasteiger partial charge in [0.15, 0.2) is 0 Å². The fourth-order valence-corrected chi connectivity index (χ4v) is 2.93. The molecule has 160 valence electrons. The van der Waals surface area contributed by atoms with E-state index in [4.69, 9.17) is 10.5 Å². The highest BCUT2D eigenvalue weighted by atomic mass is 35.5. The van der Waals surface area contributed by atoms with Crippen LogP contribution in [0.2, 0.25) is 0 Å². The van der Waals surface area contributed by atoms with Crippen LogP contribution in [0.15, 0.2) is 24.3 Å². The van der Waals surface area contributed by atoms with E-state index in [1.807, 2.05) is 32.0 Å². The van der Waals surface area contributed by atoms with Crippen molar-refractivity contribution < 1.29 is 14.3 Å². The fraction of sp³-hybridized carbons (Fsp3) is 0.579. The van der Waals surface area contributed by atoms with Gasteiger partial charge in [-0.05, 0) is 12.0 Å². The van der Waals surface area contributed by atoms with Gasteiger partial charge in [0.05, 0.1) is 19.7 Å². The zero-order valence-corrected chi connectivity index (χ0v) is 18.4. The van der Waals surface area contributed by atoms with Crippen LogP contribution < -0.4 is 15.8 Å². The highest BCUT2D eigenvalue weighted by molar-refractivity contribution is 5.87. The standard InChI is InChI=1S/C19H30N4O3.2ClH/c1-14(2)18(20)19(25)21-12-17(24)23-10-8-22(9-11-23)13-15-6-4-5-7-16(15)26-3;;/h4-7,14,18H,8-13,20H2,1-3H3,(H,21,25);2*1H/t18-;;/m0../s1. The molecule has 0 aliphatic carbocycles. The number of halogens is 2. The number of carbonyl (C=O) groups is 2. The van der Waals surface area contributed by atoms with Crippen LogP contribution in [0.3, 0.4) is 0 Å². The molecule has 0 radical (unpaired) electrons. The molecular formula is C19H32Cl2N4O3. The van der Waals surface area contributed by atoms with Gasteiger partial charge in [-0.2, -0.15) is 0 Å². The maximum Gasteiger partial charge on any atom is 0.242 e. The van der Waals surface area contributed by atoms with Crippen LogP contribution in [0.5, 0.6) is 5.75 Å². The molecule has 1 fully saturated rings. The highest BCUT2D eigenvalue weighted by Gasteiger charge is 2.23. The Morgan fingerprint density at radius 1 is 1.14 bits per heavy atom. The van der Waals surface area contributed by atoms with Gasteiger partial charge >= 0.3 is 0 Å². The lowest BCUT2D eigenvalue weighted by molar-refractivity contribution is -0.134. The van der Waals surface area contributed by atoms with Gasteiger partial charge in [0, 0.05) is 38.3 Å². The van der Waals surface area contributed by atoms with Crippen LogP contribution in [-0.2, 0) is 16.1 Å². The molecule has 0 unspecified atom stereocenters. The van der Waals surface area contributed by atoms with Crippen LogP contribution in [-0.4, -0.2) is 67.5 Å². The number of nitrogens with zero attached hydrogens (tertiary/aromatic N) is 2. The minimum atomic E-state index is -0.583. The van der Waals surface area contributed by atoms with Gasteiger partial charge < -0.3 is 20.7 Å². The second kappa shape index (κ2) is 12.8. The number of rotatable bonds is 7. The van der Waals surface area contributed by atoms with E-state index >= 15 is 0 Å². The van der Waals surface area contributed by atoms with E-state index in [0.717, 1.165) is 30.9 Å². The summed E-state index contributed by atoms with van der Waals surface area (Å²) in [5.74, 6) is 0.591. The van der Waals surface area contributed by atoms with Gasteiger partial charge in [-0.3, -0.25) is 14.5 Å². The van der Waals surface area contributed by atoms with Crippen LogP contribution in [0.1, 0.15) is 19.4 Å². The number of hydrogen-bond acceptors (Lipinski definition) is 5. The molecule has 1 aromatic rings. The predicted octanol–water partition coefficient (Wildman–Crippen LogP) is 1.28. The van der Waals surface area contributed by atoms with E-state index in [1.165, 1.54) is 0 Å². The van der Waals surface area contributed by atoms with Gasteiger partial charge in [0.25, 0.3) is 0 Å². The lowest BCUT2D eigenvalue weighted by atomic mass is 10.1. The summed E-state index contributed by atoms with van der Waals surface area (Å²) >= 11 is 0. The zero-order valence-electron chi connectivity index (χ0n) is 16.7. The number of amides is 2. The molecule has 0 saturated carbocycles. The first-order valence-corrected chi connectivity index (χ1v) is 9.07. The molecule has 7 nitrogen and oxygen atoms in total. The van der Waals surface area contributed by atoms with E-state index in [2.05, 4.69) is 16.3 Å². The number of nitrogens with two attached hydrogens (primary N) is 1. The SMILES string of the molecule is COc1ccccc1CN1CCN(C(=O)CNC(=O)[C@@H](N)C(C)C)CC1.Cl.Cl. The van der Waals surface area contributed by atoms with Crippen LogP contribution >= 0.6 is 24.8 Å². The fourth-order valence-electron chi connectivity index (χ4n) is 2.93. The van der Waals surface area contributed by atoms with Crippen molar-refractivity contribution in [1.29, 1.82) is 0 Å². The van der Waals surface area contributed by atoms with Crippen LogP contribution in [0, 0.1) is 5.92 Å². The smallest absolute Gasteiger partial charge is 0.242 e. The molecule has 1 aliphatic rings. The average Bonchev–Trinajstić information content (AvgIpc) is 2.66. The first-order valence-electron chi connectivity index (χ1n) is 9.07. The number of para-hydroxylation sites is 1. The number of carbonyl (C=O) groups excluding carboxylic acids is 2. The lowest BCUT2D eigenvalue weighted by Gasteiger charge is -2.35. The second-order valence-electron chi connectivity index (χ2n) is 6.96. The second-order valence-corrected chi connectivity index (χ2v) is 6.96. The van der Waals surface area contributed by atoms with Gasteiger partial charge in [0.1, 0.15) is 5.75 Å². The summed E-state index contributed by atoms with van der Waals surface area (Å²) in [5.41, 5.74) is 6.93. The first kappa shape index (κ1) is 26.5. The van der Waals surface area contributed by atoms with Crippen molar-refractivity contribution in [2.24, 2.45) is 11.7 Å². The number of benzene rings is 1. The molecule has 2 amide bonds. The molecule has 1 aliphatic heterocycles. The lowest BCUT2D eigenvalue weighted by Crippen LogP contribution is -2.52. The number of nitrogens with one attached hydrogen (secondary N) is 1. The van der Waals surface area contributed by atoms with Crippen molar-refractivity contribution in [1.82, 2.24) is 15.1 Å². The molecule has 3 N–H and O–H groups in total. The van der Waals surface area contributed by atoms with E-state index in [-0.39, 0.29) is 49.1 Å². The summed E-state index contributed by atoms with van der Waals surface area (Å²) in [6.45, 7) is 7.46. The molecular weight excluding hydrogens is 403 g/mol. The molecule has 1 saturated heterocycles. The third kappa shape index (κ3) is 7.47. The first-order chi connectivity index (χ1) is 12.4. The van der Waals surface area contributed by atoms with Crippen molar-refractivity contribution >= 4 is 36.6 Å². The predicted molar refractivity (Wildman–Crippen MR) is 115 cm³/mol. The zero-order chi connectivity index (χ0) is 19.1. The average molecular weight is 435 g/mol. The van der Waals surface area contributed by atoms with Crippen molar-refractivity contribution in [3.63, 3.8) is 0 Å². The van der Waals surface area contributed by atoms with Gasteiger partial charge in [0.2, 0.25) is 11.8 Å². The summed E-state index contributed by atoms with van der Waals surface area (Å²) in [7, 11) is 1.68. The number of hydrogen-bond donors (Lipinski definition) is 2. The Hall–Kier alpha value is -1.54. The minimum absolute atomic E-state index is 0. The Balaban J connectivity index is 0.00000364. The normalized spacial score (nSPS) is 15.2. The highest BCUT2D eigenvalue weighted by Crippen LogP contribution is 2.19. The molecule has 28 heavy (non-hydrogen) atoms. The molecule has 1 aromatic carbocycles. The molecule has 1 atom stereocenters. The summed E-state index contributed by atoms with van der Waals surface area (Å²) in [6, 6.07) is 7.39. The van der Waals surface area contributed by atoms with Gasteiger partial charge in [-0.15, -0.1) is 24.8 Å². The topological polar surface area (TPSA) is 87.9 Å². The number of methoxy groups -OCH3 is 1. The Morgan fingerprint density at radius 2 is 1.75 bits per heavy atom. The summed E-state index contributed by atoms with van der Waals surface area (Å²) < 4.78 is 5.39. The molecule has 0 bridgehead atoms. The maximum absolute atomic E-state index is 12.3. The van der Waals surface area contributed by atoms with Crippen molar-refractivity contribution in [3.05, 3.63) is 29.8 Å². The molecule has 9 heteroatoms. The van der Waals surface area contributed by atoms with Gasteiger partial charge in [-0.1, -0.05) is 32.0 Å². The minimum Gasteiger partial charge on any atom is -0.496 e. The van der Waals surface area contributed by atoms with Gasteiger partial charge in [-0.25, -0.2) is 0 Å². The van der Waals surface area contributed by atoms with Crippen molar-refractivity contribution in [2.75, 3.05) is 39.8 Å². The van der Waals surface area contributed by atoms with Crippen molar-refractivity contribution in [3.8, 4) is 5.75 Å². The summed E-state index contributed by atoms with van der Waals surface area (Å²) in [4.78, 5) is 28.2. The Morgan fingerprint density at radius 3 is 2.32 bits per heavy atom. The van der Waals surface area contributed by atoms with Crippen molar-refractivity contribution in [2.45, 2.75) is 26.4 Å². The molecule has 0 aromatic heterocycles. The quantitative estimate of drug-likeness (QED) is 0.674. The van der Waals surface area contributed by atoms with E-state index < -0.39 is 6.04 Å². The van der Waals surface area contributed by atoms with E-state index in [9.17, 15) is 9.59 Å². The number of piperazine rings is 1. The Kier molecular flexibility index (Phi) is 12.1. The number of ether oxygens (including phenoxy) is 1. The third-order valence-corrected chi connectivity index (χ3v) is 4.75. The largest absolute Gasteiger partial charge is 0.496 e.